The number of unbranched alkanes of at least 4 members (excludes halogenated alkanes) is 4. The van der Waals surface area contributed by atoms with E-state index < -0.39 is 0 Å². The number of carbonyl (C=O) groups excluding carboxylic acids is 1. The highest BCUT2D eigenvalue weighted by molar-refractivity contribution is 7.98. The van der Waals surface area contributed by atoms with Crippen LogP contribution in [0.25, 0.3) is 0 Å². The van der Waals surface area contributed by atoms with Crippen molar-refractivity contribution < 1.29 is 4.79 Å². The number of rotatable bonds is 10. The number of carbonyl (C=O) groups is 1. The van der Waals surface area contributed by atoms with Crippen LogP contribution in [-0.4, -0.2) is 17.4 Å². The summed E-state index contributed by atoms with van der Waals surface area (Å²) in [6.45, 7) is 2.91. The summed E-state index contributed by atoms with van der Waals surface area (Å²) >= 11 is 7.74. The van der Waals surface area contributed by atoms with E-state index in [2.05, 4.69) is 17.2 Å². The Kier molecular flexibility index (Phi) is 8.84. The normalized spacial score (nSPS) is 10.6. The molecule has 5 heteroatoms. The van der Waals surface area contributed by atoms with Crippen LogP contribution in [0.15, 0.2) is 47.6 Å². The largest absolute Gasteiger partial charge is 0.352 e. The van der Waals surface area contributed by atoms with Gasteiger partial charge in [-0.1, -0.05) is 62.4 Å². The van der Waals surface area contributed by atoms with Crippen molar-refractivity contribution in [3.05, 3.63) is 58.7 Å². The van der Waals surface area contributed by atoms with E-state index in [0.717, 1.165) is 28.5 Å². The maximum absolute atomic E-state index is 12.4. The zero-order chi connectivity index (χ0) is 17.9. The summed E-state index contributed by atoms with van der Waals surface area (Å²) < 4.78 is 0. The van der Waals surface area contributed by atoms with Gasteiger partial charge < -0.3 is 5.32 Å². The molecular weight excluding hydrogens is 352 g/mol. The Morgan fingerprint density at radius 2 is 1.92 bits per heavy atom. The summed E-state index contributed by atoms with van der Waals surface area (Å²) in [5, 5.41) is 4.49. The van der Waals surface area contributed by atoms with Gasteiger partial charge in [0.25, 0.3) is 5.91 Å². The van der Waals surface area contributed by atoms with Crippen LogP contribution >= 0.6 is 23.4 Å². The molecule has 0 saturated heterocycles. The molecule has 0 unspecified atom stereocenters. The van der Waals surface area contributed by atoms with Gasteiger partial charge in [-0.25, -0.2) is 4.98 Å². The minimum absolute atomic E-state index is 0.0507. The number of pyridine rings is 1. The number of amides is 1. The van der Waals surface area contributed by atoms with Gasteiger partial charge in [-0.2, -0.15) is 0 Å². The van der Waals surface area contributed by atoms with Gasteiger partial charge in [0.05, 0.1) is 5.56 Å². The van der Waals surface area contributed by atoms with Crippen LogP contribution in [0.2, 0.25) is 5.02 Å². The molecule has 3 nitrogen and oxygen atoms in total. The third-order valence-electron chi connectivity index (χ3n) is 3.90. The van der Waals surface area contributed by atoms with Gasteiger partial charge in [0, 0.05) is 23.5 Å². The molecule has 0 radical (unpaired) electrons. The van der Waals surface area contributed by atoms with Crippen molar-refractivity contribution in [1.82, 2.24) is 10.3 Å². The number of aromatic nitrogens is 1. The van der Waals surface area contributed by atoms with Crippen molar-refractivity contribution in [3.8, 4) is 0 Å². The lowest BCUT2D eigenvalue weighted by Crippen LogP contribution is -2.25. The first-order valence-electron chi connectivity index (χ1n) is 8.81. The molecule has 0 atom stereocenters. The van der Waals surface area contributed by atoms with Crippen molar-refractivity contribution in [2.45, 2.75) is 49.8 Å². The molecule has 0 bridgehead atoms. The van der Waals surface area contributed by atoms with Crippen molar-refractivity contribution in [2.24, 2.45) is 0 Å². The first-order chi connectivity index (χ1) is 12.2. The van der Waals surface area contributed by atoms with Crippen LogP contribution in [0.5, 0.6) is 0 Å². The summed E-state index contributed by atoms with van der Waals surface area (Å²) in [5.41, 5.74) is 1.68. The maximum Gasteiger partial charge on any atom is 0.254 e. The van der Waals surface area contributed by atoms with Gasteiger partial charge in [-0.05, 0) is 30.2 Å². The molecule has 25 heavy (non-hydrogen) atoms. The van der Waals surface area contributed by atoms with Crippen LogP contribution in [-0.2, 0) is 5.75 Å². The molecule has 0 fully saturated rings. The highest BCUT2D eigenvalue weighted by Crippen LogP contribution is 2.27. The van der Waals surface area contributed by atoms with Gasteiger partial charge in [-0.3, -0.25) is 4.79 Å². The molecule has 2 aromatic rings. The standard InChI is InChI=1S/C20H25ClN2OS/c1-2-3-4-5-8-13-22-19(24)17-11-9-14-23-20(17)25-15-16-10-6-7-12-18(16)21/h6-7,9-12,14H,2-5,8,13,15H2,1H3,(H,22,24). The molecule has 0 aliphatic rings. The van der Waals surface area contributed by atoms with Gasteiger partial charge in [0.1, 0.15) is 5.03 Å². The minimum atomic E-state index is -0.0507. The van der Waals surface area contributed by atoms with Crippen LogP contribution < -0.4 is 5.32 Å². The first kappa shape index (κ1) is 19.8. The van der Waals surface area contributed by atoms with E-state index in [1.165, 1.54) is 31.0 Å². The Balaban J connectivity index is 1.88. The molecular formula is C20H25ClN2OS. The van der Waals surface area contributed by atoms with Crippen LogP contribution in [0, 0.1) is 0 Å². The van der Waals surface area contributed by atoms with E-state index in [4.69, 9.17) is 11.6 Å². The number of nitrogens with one attached hydrogen (secondary N) is 1. The topological polar surface area (TPSA) is 42.0 Å². The molecule has 1 N–H and O–H groups in total. The van der Waals surface area contributed by atoms with Gasteiger partial charge in [0.2, 0.25) is 0 Å². The summed E-state index contributed by atoms with van der Waals surface area (Å²) in [4.78, 5) is 16.8. The monoisotopic (exact) mass is 376 g/mol. The Morgan fingerprint density at radius 1 is 1.12 bits per heavy atom. The van der Waals surface area contributed by atoms with Crippen molar-refractivity contribution in [2.75, 3.05) is 6.54 Å². The predicted molar refractivity (Wildman–Crippen MR) is 106 cm³/mol. The molecule has 0 aliphatic heterocycles. The molecule has 0 saturated carbocycles. The number of benzene rings is 1. The Bertz CT molecular complexity index is 678. The number of nitrogens with zero attached hydrogens (tertiary/aromatic N) is 1. The van der Waals surface area contributed by atoms with Gasteiger partial charge >= 0.3 is 0 Å². The summed E-state index contributed by atoms with van der Waals surface area (Å²) in [6.07, 6.45) is 7.63. The fourth-order valence-electron chi connectivity index (χ4n) is 2.47. The summed E-state index contributed by atoms with van der Waals surface area (Å²) in [6, 6.07) is 11.4. The van der Waals surface area contributed by atoms with Gasteiger partial charge in [-0.15, -0.1) is 11.8 Å². The Hall–Kier alpha value is -1.52. The van der Waals surface area contributed by atoms with E-state index in [0.29, 0.717) is 17.9 Å². The fraction of sp³-hybridized carbons (Fsp3) is 0.400. The molecule has 1 aromatic carbocycles. The lowest BCUT2D eigenvalue weighted by atomic mass is 10.1. The quantitative estimate of drug-likeness (QED) is 0.425. The Morgan fingerprint density at radius 3 is 2.72 bits per heavy atom. The number of hydrogen-bond donors (Lipinski definition) is 1. The molecule has 134 valence electrons. The number of halogens is 1. The zero-order valence-corrected chi connectivity index (χ0v) is 16.2. The van der Waals surface area contributed by atoms with E-state index in [1.54, 1.807) is 12.3 Å². The van der Waals surface area contributed by atoms with E-state index in [9.17, 15) is 4.79 Å². The number of hydrogen-bond acceptors (Lipinski definition) is 3. The molecule has 1 heterocycles. The molecule has 2 rings (SSSR count). The maximum atomic E-state index is 12.4. The molecule has 1 amide bonds. The summed E-state index contributed by atoms with van der Waals surface area (Å²) in [5.74, 6) is 0.638. The van der Waals surface area contributed by atoms with Gasteiger partial charge in [0.15, 0.2) is 0 Å². The smallest absolute Gasteiger partial charge is 0.254 e. The first-order valence-corrected chi connectivity index (χ1v) is 10.2. The lowest BCUT2D eigenvalue weighted by Gasteiger charge is -2.09. The van der Waals surface area contributed by atoms with E-state index >= 15 is 0 Å². The second kappa shape index (κ2) is 11.2. The third kappa shape index (κ3) is 6.71. The van der Waals surface area contributed by atoms with E-state index in [1.807, 2.05) is 30.3 Å². The fourth-order valence-corrected chi connectivity index (χ4v) is 3.74. The van der Waals surface area contributed by atoms with Crippen LogP contribution in [0.3, 0.4) is 0 Å². The second-order valence-corrected chi connectivity index (χ2v) is 7.28. The lowest BCUT2D eigenvalue weighted by molar-refractivity contribution is 0.0949. The van der Waals surface area contributed by atoms with Crippen molar-refractivity contribution in [1.29, 1.82) is 0 Å². The van der Waals surface area contributed by atoms with E-state index in [-0.39, 0.29) is 5.91 Å². The second-order valence-electron chi connectivity index (χ2n) is 5.91. The van der Waals surface area contributed by atoms with Crippen molar-refractivity contribution in [3.63, 3.8) is 0 Å². The molecule has 0 spiro atoms. The predicted octanol–water partition coefficient (Wildman–Crippen LogP) is 5.73. The summed E-state index contributed by atoms with van der Waals surface area (Å²) in [7, 11) is 0. The Labute approximate surface area is 159 Å². The third-order valence-corrected chi connectivity index (χ3v) is 5.33. The van der Waals surface area contributed by atoms with Crippen molar-refractivity contribution >= 4 is 29.3 Å². The number of thioether (sulfide) groups is 1. The highest BCUT2D eigenvalue weighted by atomic mass is 35.5. The molecule has 1 aromatic heterocycles. The minimum Gasteiger partial charge on any atom is -0.352 e. The van der Waals surface area contributed by atoms with Crippen LogP contribution in [0.1, 0.15) is 54.9 Å². The SMILES string of the molecule is CCCCCCCNC(=O)c1cccnc1SCc1ccccc1Cl. The highest BCUT2D eigenvalue weighted by Gasteiger charge is 2.13. The van der Waals surface area contributed by atoms with Crippen LogP contribution in [0.4, 0.5) is 0 Å². The average molecular weight is 377 g/mol. The zero-order valence-electron chi connectivity index (χ0n) is 14.6. The average Bonchev–Trinajstić information content (AvgIpc) is 2.64. The molecule has 0 aliphatic carbocycles.